The van der Waals surface area contributed by atoms with Crippen LogP contribution in [0.15, 0.2) is 42.5 Å². The molecule has 2 amide bonds. The van der Waals surface area contributed by atoms with E-state index in [2.05, 4.69) is 16.0 Å². The molecule has 3 N–H and O–H groups in total. The smallest absolute Gasteiger partial charge is 0.251 e. The zero-order valence-electron chi connectivity index (χ0n) is 14.2. The number of carbonyl (C=O) groups excluding carboxylic acids is 2. The summed E-state index contributed by atoms with van der Waals surface area (Å²) in [7, 11) is 0. The fraction of sp³-hybridized carbons (Fsp3) is 0.263. The van der Waals surface area contributed by atoms with Crippen molar-refractivity contribution in [1.29, 1.82) is 0 Å². The van der Waals surface area contributed by atoms with Gasteiger partial charge in [-0.05, 0) is 62.2 Å². The zero-order chi connectivity index (χ0) is 18.7. The van der Waals surface area contributed by atoms with Crippen LogP contribution in [0.25, 0.3) is 0 Å². The molecule has 7 heteroatoms. The van der Waals surface area contributed by atoms with Crippen molar-refractivity contribution in [2.24, 2.45) is 0 Å². The molecule has 1 atom stereocenters. The quantitative estimate of drug-likeness (QED) is 0.719. The van der Waals surface area contributed by atoms with Crippen molar-refractivity contribution >= 4 is 34.8 Å². The molecule has 0 aliphatic heterocycles. The SMILES string of the molecule is CC(Nc1ccc(C(=O)NC2CC2)cc1)C(=O)Nc1ccc(F)cc1Cl. The van der Waals surface area contributed by atoms with Crippen LogP contribution in [-0.2, 0) is 4.79 Å². The van der Waals surface area contributed by atoms with E-state index in [4.69, 9.17) is 11.6 Å². The normalized spacial score (nSPS) is 14.4. The zero-order valence-corrected chi connectivity index (χ0v) is 14.9. The van der Waals surface area contributed by atoms with Crippen LogP contribution in [0.4, 0.5) is 15.8 Å². The first kappa shape index (κ1) is 18.2. The van der Waals surface area contributed by atoms with E-state index in [0.717, 1.165) is 18.9 Å². The molecule has 0 saturated heterocycles. The lowest BCUT2D eigenvalue weighted by molar-refractivity contribution is -0.116. The summed E-state index contributed by atoms with van der Waals surface area (Å²) >= 11 is 5.91. The first-order valence-corrected chi connectivity index (χ1v) is 8.73. The van der Waals surface area contributed by atoms with Crippen molar-refractivity contribution in [3.63, 3.8) is 0 Å². The van der Waals surface area contributed by atoms with Gasteiger partial charge in [0.05, 0.1) is 10.7 Å². The second-order valence-corrected chi connectivity index (χ2v) is 6.71. The molecule has 0 heterocycles. The van der Waals surface area contributed by atoms with E-state index in [1.165, 1.54) is 12.1 Å². The number of anilines is 2. The average Bonchev–Trinajstić information content (AvgIpc) is 3.41. The van der Waals surface area contributed by atoms with E-state index in [-0.39, 0.29) is 16.8 Å². The molecule has 1 unspecified atom stereocenters. The lowest BCUT2D eigenvalue weighted by Crippen LogP contribution is -2.32. The minimum absolute atomic E-state index is 0.0872. The molecule has 1 fully saturated rings. The Kier molecular flexibility index (Phi) is 5.42. The van der Waals surface area contributed by atoms with Gasteiger partial charge in [-0.3, -0.25) is 9.59 Å². The van der Waals surface area contributed by atoms with Crippen LogP contribution in [0.1, 0.15) is 30.1 Å². The predicted molar refractivity (Wildman–Crippen MR) is 100 cm³/mol. The van der Waals surface area contributed by atoms with Gasteiger partial charge in [-0.1, -0.05) is 11.6 Å². The largest absolute Gasteiger partial charge is 0.374 e. The molecule has 0 spiro atoms. The highest BCUT2D eigenvalue weighted by Crippen LogP contribution is 2.23. The van der Waals surface area contributed by atoms with Crippen LogP contribution >= 0.6 is 11.6 Å². The molecule has 0 radical (unpaired) electrons. The maximum atomic E-state index is 13.1. The highest BCUT2D eigenvalue weighted by Gasteiger charge is 2.23. The predicted octanol–water partition coefficient (Wildman–Crippen LogP) is 3.81. The Bertz CT molecular complexity index is 822. The molecule has 26 heavy (non-hydrogen) atoms. The third kappa shape index (κ3) is 4.73. The number of hydrogen-bond acceptors (Lipinski definition) is 3. The highest BCUT2D eigenvalue weighted by molar-refractivity contribution is 6.33. The van der Waals surface area contributed by atoms with Crippen molar-refractivity contribution in [2.75, 3.05) is 10.6 Å². The summed E-state index contributed by atoms with van der Waals surface area (Å²) < 4.78 is 13.1. The van der Waals surface area contributed by atoms with E-state index in [1.807, 2.05) is 0 Å². The number of nitrogens with one attached hydrogen (secondary N) is 3. The summed E-state index contributed by atoms with van der Waals surface area (Å²) in [4.78, 5) is 24.2. The number of amides is 2. The number of benzene rings is 2. The average molecular weight is 376 g/mol. The fourth-order valence-corrected chi connectivity index (χ4v) is 2.58. The topological polar surface area (TPSA) is 70.2 Å². The van der Waals surface area contributed by atoms with Crippen LogP contribution in [0.2, 0.25) is 5.02 Å². The van der Waals surface area contributed by atoms with Gasteiger partial charge in [-0.2, -0.15) is 0 Å². The van der Waals surface area contributed by atoms with Crippen molar-refractivity contribution < 1.29 is 14.0 Å². The van der Waals surface area contributed by atoms with E-state index in [9.17, 15) is 14.0 Å². The van der Waals surface area contributed by atoms with Crippen LogP contribution in [0.5, 0.6) is 0 Å². The molecule has 5 nitrogen and oxygen atoms in total. The summed E-state index contributed by atoms with van der Waals surface area (Å²) in [5, 5.41) is 8.76. The lowest BCUT2D eigenvalue weighted by atomic mass is 10.1. The van der Waals surface area contributed by atoms with Gasteiger partial charge in [0.25, 0.3) is 5.91 Å². The Balaban J connectivity index is 1.57. The first-order chi connectivity index (χ1) is 12.4. The Labute approximate surface area is 155 Å². The molecule has 0 aromatic heterocycles. The minimum atomic E-state index is -0.553. The van der Waals surface area contributed by atoms with E-state index in [1.54, 1.807) is 31.2 Å². The van der Waals surface area contributed by atoms with Gasteiger partial charge in [0.2, 0.25) is 5.91 Å². The third-order valence-electron chi connectivity index (χ3n) is 4.03. The van der Waals surface area contributed by atoms with Crippen molar-refractivity contribution in [2.45, 2.75) is 31.8 Å². The lowest BCUT2D eigenvalue weighted by Gasteiger charge is -2.16. The van der Waals surface area contributed by atoms with Gasteiger partial charge in [-0.15, -0.1) is 0 Å². The monoisotopic (exact) mass is 375 g/mol. The van der Waals surface area contributed by atoms with Gasteiger partial charge >= 0.3 is 0 Å². The maximum absolute atomic E-state index is 13.1. The second-order valence-electron chi connectivity index (χ2n) is 6.30. The van der Waals surface area contributed by atoms with Gasteiger partial charge < -0.3 is 16.0 Å². The highest BCUT2D eigenvalue weighted by atomic mass is 35.5. The van der Waals surface area contributed by atoms with Crippen molar-refractivity contribution in [1.82, 2.24) is 5.32 Å². The van der Waals surface area contributed by atoms with Gasteiger partial charge in [-0.25, -0.2) is 4.39 Å². The molecule has 1 aliphatic carbocycles. The van der Waals surface area contributed by atoms with Crippen LogP contribution in [0, 0.1) is 5.82 Å². The van der Waals surface area contributed by atoms with Gasteiger partial charge in [0, 0.05) is 17.3 Å². The third-order valence-corrected chi connectivity index (χ3v) is 4.34. The van der Waals surface area contributed by atoms with Crippen LogP contribution in [0.3, 0.4) is 0 Å². The van der Waals surface area contributed by atoms with E-state index >= 15 is 0 Å². The minimum Gasteiger partial charge on any atom is -0.374 e. The summed E-state index contributed by atoms with van der Waals surface area (Å²) in [6.07, 6.45) is 2.08. The van der Waals surface area contributed by atoms with Crippen LogP contribution in [-0.4, -0.2) is 23.9 Å². The summed E-state index contributed by atoms with van der Waals surface area (Å²) in [5.41, 5.74) is 1.64. The van der Waals surface area contributed by atoms with Crippen molar-refractivity contribution in [3.8, 4) is 0 Å². The fourth-order valence-electron chi connectivity index (χ4n) is 2.36. The standard InChI is InChI=1S/C19H19ClFN3O2/c1-11(18(25)24-17-9-4-13(21)10-16(17)20)22-14-5-2-12(3-6-14)19(26)23-15-7-8-15/h2-6,9-11,15,22H,7-8H2,1H3,(H,23,26)(H,24,25). The summed E-state index contributed by atoms with van der Waals surface area (Å²) in [6.45, 7) is 1.69. The summed E-state index contributed by atoms with van der Waals surface area (Å²) in [6, 6.07) is 10.4. The molecule has 1 aliphatic rings. The number of hydrogen-bond donors (Lipinski definition) is 3. The van der Waals surface area contributed by atoms with Crippen LogP contribution < -0.4 is 16.0 Å². The molecule has 2 aromatic carbocycles. The molecule has 2 aromatic rings. The first-order valence-electron chi connectivity index (χ1n) is 8.36. The molecule has 0 bridgehead atoms. The number of rotatable bonds is 6. The van der Waals surface area contributed by atoms with Gasteiger partial charge in [0.1, 0.15) is 11.9 Å². The molecular weight excluding hydrogens is 357 g/mol. The summed E-state index contributed by atoms with van der Waals surface area (Å²) in [5.74, 6) is -0.866. The number of halogens is 2. The van der Waals surface area contributed by atoms with E-state index in [0.29, 0.717) is 23.0 Å². The molecule has 3 rings (SSSR count). The Morgan fingerprint density at radius 2 is 1.85 bits per heavy atom. The maximum Gasteiger partial charge on any atom is 0.251 e. The Hall–Kier alpha value is -2.60. The second kappa shape index (κ2) is 7.74. The molecule has 136 valence electrons. The van der Waals surface area contributed by atoms with Gasteiger partial charge in [0.15, 0.2) is 0 Å². The molecular formula is C19H19ClFN3O2. The molecule has 1 saturated carbocycles. The van der Waals surface area contributed by atoms with Crippen molar-refractivity contribution in [3.05, 3.63) is 58.9 Å². The van der Waals surface area contributed by atoms with E-state index < -0.39 is 11.9 Å². The number of carbonyl (C=O) groups is 2. The Morgan fingerprint density at radius 3 is 2.46 bits per heavy atom. The Morgan fingerprint density at radius 1 is 1.15 bits per heavy atom.